The highest BCUT2D eigenvalue weighted by atomic mass is 79.9. The van der Waals surface area contributed by atoms with E-state index < -0.39 is 0 Å². The largest absolute Gasteiger partial charge is 0.473 e. The van der Waals surface area contributed by atoms with Crippen LogP contribution >= 0.6 is 27.3 Å². The summed E-state index contributed by atoms with van der Waals surface area (Å²) in [6.07, 6.45) is 0. The van der Waals surface area contributed by atoms with E-state index >= 15 is 0 Å². The van der Waals surface area contributed by atoms with Crippen molar-refractivity contribution in [3.05, 3.63) is 22.7 Å². The molecule has 4 heteroatoms. The molecule has 12 heavy (non-hydrogen) atoms. The lowest BCUT2D eigenvalue weighted by atomic mass is 10.3. The third-order valence-corrected chi connectivity index (χ3v) is 3.15. The van der Waals surface area contributed by atoms with Crippen LogP contribution in [0.2, 0.25) is 0 Å². The SMILES string of the molecule is COc1nc2c(Br)cccc2s1. The summed E-state index contributed by atoms with van der Waals surface area (Å²) < 4.78 is 7.19. The smallest absolute Gasteiger partial charge is 0.274 e. The molecular weight excluding hydrogens is 238 g/mol. The second kappa shape index (κ2) is 3.03. The molecule has 0 N–H and O–H groups in total. The summed E-state index contributed by atoms with van der Waals surface area (Å²) in [5.41, 5.74) is 0.972. The van der Waals surface area contributed by atoms with Crippen molar-refractivity contribution in [3.63, 3.8) is 0 Å². The van der Waals surface area contributed by atoms with Gasteiger partial charge in [-0.25, -0.2) is 4.98 Å². The number of hydrogen-bond acceptors (Lipinski definition) is 3. The van der Waals surface area contributed by atoms with Crippen LogP contribution in [0.1, 0.15) is 0 Å². The fourth-order valence-electron chi connectivity index (χ4n) is 0.982. The predicted molar refractivity (Wildman–Crippen MR) is 53.9 cm³/mol. The van der Waals surface area contributed by atoms with Crippen LogP contribution in [0.25, 0.3) is 10.2 Å². The first-order chi connectivity index (χ1) is 5.81. The summed E-state index contributed by atoms with van der Waals surface area (Å²) in [7, 11) is 1.63. The molecule has 1 aromatic carbocycles. The third-order valence-electron chi connectivity index (χ3n) is 1.52. The number of thiazole rings is 1. The zero-order valence-corrected chi connectivity index (χ0v) is 8.78. The van der Waals surface area contributed by atoms with Crippen LogP contribution in [0.3, 0.4) is 0 Å². The molecule has 0 unspecified atom stereocenters. The Kier molecular flexibility index (Phi) is 2.02. The maximum atomic E-state index is 5.04. The number of para-hydroxylation sites is 1. The first kappa shape index (κ1) is 8.01. The van der Waals surface area contributed by atoms with Gasteiger partial charge in [-0.15, -0.1) is 0 Å². The molecule has 0 spiro atoms. The van der Waals surface area contributed by atoms with Crippen molar-refractivity contribution in [1.82, 2.24) is 4.98 Å². The van der Waals surface area contributed by atoms with Crippen molar-refractivity contribution in [1.29, 1.82) is 0 Å². The molecule has 0 radical (unpaired) electrons. The summed E-state index contributed by atoms with van der Waals surface area (Å²) >= 11 is 4.98. The van der Waals surface area contributed by atoms with Gasteiger partial charge in [0.25, 0.3) is 5.19 Å². The number of aromatic nitrogens is 1. The molecule has 0 saturated heterocycles. The van der Waals surface area contributed by atoms with Gasteiger partial charge in [0.05, 0.1) is 17.3 Å². The van der Waals surface area contributed by atoms with Gasteiger partial charge in [-0.1, -0.05) is 17.4 Å². The fourth-order valence-corrected chi connectivity index (χ4v) is 2.38. The number of hydrogen-bond donors (Lipinski definition) is 0. The Labute approximate surface area is 82.3 Å². The van der Waals surface area contributed by atoms with Crippen LogP contribution in [0.15, 0.2) is 22.7 Å². The molecule has 1 aromatic heterocycles. The van der Waals surface area contributed by atoms with E-state index in [1.165, 1.54) is 0 Å². The Hall–Kier alpha value is -0.610. The fraction of sp³-hybridized carbons (Fsp3) is 0.125. The van der Waals surface area contributed by atoms with Gasteiger partial charge in [0.1, 0.15) is 0 Å². The highest BCUT2D eigenvalue weighted by Gasteiger charge is 2.05. The molecule has 1 heterocycles. The first-order valence-corrected chi connectivity index (χ1v) is 5.01. The van der Waals surface area contributed by atoms with Crippen molar-refractivity contribution in [2.24, 2.45) is 0 Å². The zero-order valence-electron chi connectivity index (χ0n) is 6.37. The predicted octanol–water partition coefficient (Wildman–Crippen LogP) is 3.07. The van der Waals surface area contributed by atoms with Crippen molar-refractivity contribution < 1.29 is 4.74 Å². The second-order valence-corrected chi connectivity index (χ2v) is 4.12. The quantitative estimate of drug-likeness (QED) is 0.769. The monoisotopic (exact) mass is 243 g/mol. The van der Waals surface area contributed by atoms with Crippen molar-refractivity contribution in [3.8, 4) is 5.19 Å². The molecular formula is C8H6BrNOS. The number of halogens is 1. The number of benzene rings is 1. The van der Waals surface area contributed by atoms with Gasteiger partial charge in [-0.05, 0) is 28.1 Å². The molecule has 2 nitrogen and oxygen atoms in total. The van der Waals surface area contributed by atoms with E-state index in [9.17, 15) is 0 Å². The van der Waals surface area contributed by atoms with E-state index in [-0.39, 0.29) is 0 Å². The zero-order chi connectivity index (χ0) is 8.55. The number of fused-ring (bicyclic) bond motifs is 1. The van der Waals surface area contributed by atoms with E-state index in [2.05, 4.69) is 20.9 Å². The molecule has 0 bridgehead atoms. The first-order valence-electron chi connectivity index (χ1n) is 3.40. The lowest BCUT2D eigenvalue weighted by Crippen LogP contribution is -1.78. The normalized spacial score (nSPS) is 10.5. The summed E-state index contributed by atoms with van der Waals surface area (Å²) in [6.45, 7) is 0. The van der Waals surface area contributed by atoms with Crippen LogP contribution in [-0.2, 0) is 0 Å². The van der Waals surface area contributed by atoms with Gasteiger partial charge in [0.2, 0.25) is 0 Å². The van der Waals surface area contributed by atoms with Gasteiger partial charge in [-0.3, -0.25) is 0 Å². The highest BCUT2D eigenvalue weighted by molar-refractivity contribution is 9.10. The van der Waals surface area contributed by atoms with Gasteiger partial charge in [0, 0.05) is 4.47 Å². The summed E-state index contributed by atoms with van der Waals surface area (Å²) in [5, 5.41) is 0.705. The van der Waals surface area contributed by atoms with Crippen LogP contribution < -0.4 is 4.74 Å². The summed E-state index contributed by atoms with van der Waals surface area (Å²) in [4.78, 5) is 4.28. The average Bonchev–Trinajstić information content (AvgIpc) is 2.49. The third kappa shape index (κ3) is 1.21. The molecule has 2 rings (SSSR count). The van der Waals surface area contributed by atoms with E-state index in [4.69, 9.17) is 4.74 Å². The topological polar surface area (TPSA) is 22.1 Å². The van der Waals surface area contributed by atoms with Gasteiger partial charge < -0.3 is 4.74 Å². The number of ether oxygens (including phenoxy) is 1. The molecule has 0 saturated carbocycles. The molecule has 62 valence electrons. The number of methoxy groups -OCH3 is 1. The Balaban J connectivity index is 2.74. The Bertz CT molecular complexity index is 412. The van der Waals surface area contributed by atoms with Gasteiger partial charge in [-0.2, -0.15) is 0 Å². The minimum Gasteiger partial charge on any atom is -0.473 e. The molecule has 0 aliphatic carbocycles. The van der Waals surface area contributed by atoms with Crippen LogP contribution in [-0.4, -0.2) is 12.1 Å². The minimum absolute atomic E-state index is 0.705. The summed E-state index contributed by atoms with van der Waals surface area (Å²) in [6, 6.07) is 5.99. The van der Waals surface area contributed by atoms with E-state index in [0.29, 0.717) is 5.19 Å². The van der Waals surface area contributed by atoms with Crippen molar-refractivity contribution in [2.45, 2.75) is 0 Å². The second-order valence-electron chi connectivity index (χ2n) is 2.27. The number of nitrogens with zero attached hydrogens (tertiary/aromatic N) is 1. The maximum absolute atomic E-state index is 5.04. The summed E-state index contributed by atoms with van der Waals surface area (Å²) in [5.74, 6) is 0. The Morgan fingerprint density at radius 2 is 2.33 bits per heavy atom. The van der Waals surface area contributed by atoms with E-state index in [1.54, 1.807) is 18.4 Å². The highest BCUT2D eigenvalue weighted by Crippen LogP contribution is 2.31. The standard InChI is InChI=1S/C8H6BrNOS/c1-11-8-10-7-5(9)3-2-4-6(7)12-8/h2-4H,1H3. The van der Waals surface area contributed by atoms with Crippen LogP contribution in [0.4, 0.5) is 0 Å². The molecule has 2 aromatic rings. The molecule has 0 aliphatic rings. The minimum atomic E-state index is 0.705. The molecule has 0 atom stereocenters. The lowest BCUT2D eigenvalue weighted by molar-refractivity contribution is 0.413. The van der Waals surface area contributed by atoms with Gasteiger partial charge >= 0.3 is 0 Å². The molecule has 0 fully saturated rings. The van der Waals surface area contributed by atoms with Gasteiger partial charge in [0.15, 0.2) is 0 Å². The van der Waals surface area contributed by atoms with Crippen molar-refractivity contribution in [2.75, 3.05) is 7.11 Å². The van der Waals surface area contributed by atoms with E-state index in [1.807, 2.05) is 18.2 Å². The van der Waals surface area contributed by atoms with Crippen LogP contribution in [0.5, 0.6) is 5.19 Å². The van der Waals surface area contributed by atoms with Crippen molar-refractivity contribution >= 4 is 37.5 Å². The Morgan fingerprint density at radius 3 is 3.00 bits per heavy atom. The lowest BCUT2D eigenvalue weighted by Gasteiger charge is -1.88. The Morgan fingerprint density at radius 1 is 1.50 bits per heavy atom. The maximum Gasteiger partial charge on any atom is 0.274 e. The van der Waals surface area contributed by atoms with Crippen LogP contribution in [0, 0.1) is 0 Å². The number of rotatable bonds is 1. The van der Waals surface area contributed by atoms with E-state index in [0.717, 1.165) is 14.7 Å². The molecule has 0 aliphatic heterocycles. The molecule has 0 amide bonds. The average molecular weight is 244 g/mol.